The van der Waals surface area contributed by atoms with E-state index in [-0.39, 0.29) is 10.8 Å². The smallest absolute Gasteiger partial charge is 0.276 e. The van der Waals surface area contributed by atoms with Crippen molar-refractivity contribution in [2.24, 2.45) is 5.14 Å². The molecule has 10 heteroatoms. The van der Waals surface area contributed by atoms with Crippen LogP contribution in [0.5, 0.6) is 0 Å². The summed E-state index contributed by atoms with van der Waals surface area (Å²) in [5.41, 5.74) is 2.34. The summed E-state index contributed by atoms with van der Waals surface area (Å²) in [6.45, 7) is 0. The minimum absolute atomic E-state index is 0.0172. The van der Waals surface area contributed by atoms with Crippen molar-refractivity contribution >= 4 is 43.4 Å². The van der Waals surface area contributed by atoms with Gasteiger partial charge in [0.25, 0.3) is 5.91 Å². The molecule has 0 unspecified atom stereocenters. The van der Waals surface area contributed by atoms with E-state index in [1.165, 1.54) is 29.2 Å². The zero-order chi connectivity index (χ0) is 18.5. The molecule has 0 aliphatic heterocycles. The van der Waals surface area contributed by atoms with Gasteiger partial charge < -0.3 is 4.90 Å². The van der Waals surface area contributed by atoms with Gasteiger partial charge >= 0.3 is 0 Å². The Bertz CT molecular complexity index is 1240. The van der Waals surface area contributed by atoms with Gasteiger partial charge in [-0.1, -0.05) is 0 Å². The topological polar surface area (TPSA) is 138 Å². The van der Waals surface area contributed by atoms with Gasteiger partial charge in [-0.05, 0) is 36.4 Å². The number of amides is 1. The van der Waals surface area contributed by atoms with Crippen LogP contribution in [0.3, 0.4) is 0 Å². The van der Waals surface area contributed by atoms with Crippen LogP contribution in [0.15, 0.2) is 47.5 Å². The summed E-state index contributed by atoms with van der Waals surface area (Å²) in [6, 6.07) is 9.38. The van der Waals surface area contributed by atoms with E-state index in [9.17, 15) is 13.2 Å². The normalized spacial score (nSPS) is 11.9. The molecule has 2 aromatic carbocycles. The Labute approximate surface area is 147 Å². The molecule has 4 rings (SSSR count). The van der Waals surface area contributed by atoms with Crippen molar-refractivity contribution in [1.82, 2.24) is 20.4 Å². The van der Waals surface area contributed by atoms with E-state index in [1.807, 2.05) is 6.07 Å². The number of rotatable bonds is 3. The summed E-state index contributed by atoms with van der Waals surface area (Å²) in [5, 5.41) is 20.4. The predicted octanol–water partition coefficient (Wildman–Crippen LogP) is 1.36. The first kappa shape index (κ1) is 16.2. The number of carbonyl (C=O) groups excluding carboxylic acids is 1. The number of fused-ring (bicyclic) bond motifs is 3. The Morgan fingerprint density at radius 1 is 1.08 bits per heavy atom. The lowest BCUT2D eigenvalue weighted by Gasteiger charge is -2.16. The van der Waals surface area contributed by atoms with Gasteiger partial charge in [-0.2, -0.15) is 10.2 Å². The molecule has 9 nitrogen and oxygen atoms in total. The van der Waals surface area contributed by atoms with Crippen molar-refractivity contribution in [2.45, 2.75) is 4.90 Å². The van der Waals surface area contributed by atoms with Gasteiger partial charge in [0.2, 0.25) is 10.0 Å². The molecule has 0 bridgehead atoms. The van der Waals surface area contributed by atoms with Crippen LogP contribution in [0.4, 0.5) is 5.69 Å². The minimum Gasteiger partial charge on any atom is -0.310 e. The molecule has 0 saturated carbocycles. The molecule has 1 amide bonds. The van der Waals surface area contributed by atoms with Crippen LogP contribution >= 0.6 is 0 Å². The van der Waals surface area contributed by atoms with E-state index in [0.29, 0.717) is 22.3 Å². The first-order valence-electron chi connectivity index (χ1n) is 7.57. The first-order chi connectivity index (χ1) is 12.4. The summed E-state index contributed by atoms with van der Waals surface area (Å²) >= 11 is 0. The molecule has 2 heterocycles. The lowest BCUT2D eigenvalue weighted by atomic mass is 10.1. The third-order valence-corrected chi connectivity index (χ3v) is 5.14. The van der Waals surface area contributed by atoms with Gasteiger partial charge in [0, 0.05) is 23.5 Å². The zero-order valence-corrected chi connectivity index (χ0v) is 14.4. The highest BCUT2D eigenvalue weighted by Crippen LogP contribution is 2.26. The molecule has 4 aromatic rings. The second-order valence-electron chi connectivity index (χ2n) is 5.79. The number of H-pyrrole nitrogens is 2. The van der Waals surface area contributed by atoms with Gasteiger partial charge in [0.15, 0.2) is 0 Å². The summed E-state index contributed by atoms with van der Waals surface area (Å²) < 4.78 is 22.7. The van der Waals surface area contributed by atoms with Crippen LogP contribution in [0.2, 0.25) is 0 Å². The number of anilines is 1. The van der Waals surface area contributed by atoms with E-state index >= 15 is 0 Å². The highest BCUT2D eigenvalue weighted by molar-refractivity contribution is 7.89. The van der Waals surface area contributed by atoms with E-state index < -0.39 is 10.0 Å². The highest BCUT2D eigenvalue weighted by atomic mass is 32.2. The fourth-order valence-corrected chi connectivity index (χ4v) is 3.32. The standard InChI is InChI=1S/C16H14N6O3S/c1-22(9-2-4-10(5-3-9)26(17,24)25)16(23)15-11-6-7-13-12(8-18-19-13)14(11)20-21-15/h2-8H,1H3,(H,18,19)(H,20,21)(H2,17,24,25). The number of nitrogens with zero attached hydrogens (tertiary/aromatic N) is 3. The van der Waals surface area contributed by atoms with E-state index in [2.05, 4.69) is 20.4 Å². The molecule has 0 aliphatic carbocycles. The maximum absolute atomic E-state index is 12.9. The van der Waals surface area contributed by atoms with Crippen LogP contribution in [0.1, 0.15) is 10.5 Å². The van der Waals surface area contributed by atoms with E-state index in [0.717, 1.165) is 10.9 Å². The average Bonchev–Trinajstić information content (AvgIpc) is 3.25. The molecule has 132 valence electrons. The Balaban J connectivity index is 1.72. The number of hydrogen-bond donors (Lipinski definition) is 3. The number of aromatic nitrogens is 4. The summed E-state index contributed by atoms with van der Waals surface area (Å²) in [6.07, 6.45) is 1.66. The van der Waals surface area contributed by atoms with Gasteiger partial charge in [-0.3, -0.25) is 15.0 Å². The minimum atomic E-state index is -3.78. The second-order valence-corrected chi connectivity index (χ2v) is 7.36. The van der Waals surface area contributed by atoms with Crippen LogP contribution in [-0.4, -0.2) is 41.8 Å². The second kappa shape index (κ2) is 5.64. The number of nitrogens with two attached hydrogens (primary N) is 1. The van der Waals surface area contributed by atoms with Gasteiger partial charge in [-0.15, -0.1) is 0 Å². The number of sulfonamides is 1. The monoisotopic (exact) mass is 370 g/mol. The Kier molecular flexibility index (Phi) is 3.53. The zero-order valence-electron chi connectivity index (χ0n) is 13.6. The Morgan fingerprint density at radius 2 is 1.81 bits per heavy atom. The Hall–Kier alpha value is -3.24. The number of primary sulfonamides is 1. The van der Waals surface area contributed by atoms with Crippen LogP contribution in [0.25, 0.3) is 21.8 Å². The van der Waals surface area contributed by atoms with Crippen molar-refractivity contribution in [2.75, 3.05) is 11.9 Å². The molecule has 0 atom stereocenters. The molecular weight excluding hydrogens is 356 g/mol. The van der Waals surface area contributed by atoms with Gasteiger partial charge in [0.1, 0.15) is 11.2 Å². The lowest BCUT2D eigenvalue weighted by molar-refractivity contribution is 0.0989. The predicted molar refractivity (Wildman–Crippen MR) is 96.3 cm³/mol. The number of benzene rings is 2. The largest absolute Gasteiger partial charge is 0.310 e. The number of aromatic amines is 2. The number of carbonyl (C=O) groups is 1. The van der Waals surface area contributed by atoms with Crippen molar-refractivity contribution in [3.05, 3.63) is 48.3 Å². The molecule has 0 aliphatic rings. The van der Waals surface area contributed by atoms with E-state index in [4.69, 9.17) is 5.14 Å². The summed E-state index contributed by atoms with van der Waals surface area (Å²) in [7, 11) is -2.19. The van der Waals surface area contributed by atoms with Gasteiger partial charge in [-0.25, -0.2) is 13.6 Å². The van der Waals surface area contributed by atoms with Crippen molar-refractivity contribution < 1.29 is 13.2 Å². The van der Waals surface area contributed by atoms with Crippen molar-refractivity contribution in [3.63, 3.8) is 0 Å². The highest BCUT2D eigenvalue weighted by Gasteiger charge is 2.20. The van der Waals surface area contributed by atoms with Crippen molar-refractivity contribution in [1.29, 1.82) is 0 Å². The molecule has 0 radical (unpaired) electrons. The molecule has 0 spiro atoms. The molecule has 0 fully saturated rings. The lowest BCUT2D eigenvalue weighted by Crippen LogP contribution is -2.26. The molecular formula is C16H14N6O3S. The summed E-state index contributed by atoms with van der Waals surface area (Å²) in [4.78, 5) is 14.2. The quantitative estimate of drug-likeness (QED) is 0.500. The summed E-state index contributed by atoms with van der Waals surface area (Å²) in [5.74, 6) is -0.307. The molecule has 0 saturated heterocycles. The third-order valence-electron chi connectivity index (χ3n) is 4.22. The number of hydrogen-bond acceptors (Lipinski definition) is 5. The molecule has 4 N–H and O–H groups in total. The Morgan fingerprint density at radius 3 is 2.50 bits per heavy atom. The van der Waals surface area contributed by atoms with Crippen LogP contribution in [0, 0.1) is 0 Å². The average molecular weight is 370 g/mol. The third kappa shape index (κ3) is 2.52. The maximum atomic E-state index is 12.9. The molecule has 2 aromatic heterocycles. The SMILES string of the molecule is CN(C(=O)c1[nH]nc2c1ccc1[nH]ncc12)c1ccc(S(N)(=O)=O)cc1. The molecule has 26 heavy (non-hydrogen) atoms. The van der Waals surface area contributed by atoms with E-state index in [1.54, 1.807) is 19.3 Å². The fourth-order valence-electron chi connectivity index (χ4n) is 2.80. The number of nitrogens with one attached hydrogen (secondary N) is 2. The maximum Gasteiger partial charge on any atom is 0.276 e. The van der Waals surface area contributed by atoms with Crippen molar-refractivity contribution in [3.8, 4) is 0 Å². The van der Waals surface area contributed by atoms with Crippen LogP contribution < -0.4 is 10.0 Å². The fraction of sp³-hybridized carbons (Fsp3) is 0.0625. The van der Waals surface area contributed by atoms with Gasteiger partial charge in [0.05, 0.1) is 16.6 Å². The van der Waals surface area contributed by atoms with Crippen LogP contribution in [-0.2, 0) is 10.0 Å². The first-order valence-corrected chi connectivity index (χ1v) is 9.12.